The highest BCUT2D eigenvalue weighted by Crippen LogP contribution is 2.17. The molecule has 0 amide bonds. The molecule has 1 saturated heterocycles. The van der Waals surface area contributed by atoms with E-state index in [0.717, 1.165) is 17.5 Å². The quantitative estimate of drug-likeness (QED) is 0.824. The highest BCUT2D eigenvalue weighted by molar-refractivity contribution is 6.30. The van der Waals surface area contributed by atoms with E-state index >= 15 is 0 Å². The number of hydrogen-bond acceptors (Lipinski definition) is 1. The minimum Gasteiger partial charge on any atom is -0.310 e. The minimum absolute atomic E-state index is 0.527. The molecule has 1 nitrogen and oxygen atoms in total. The third-order valence-corrected chi connectivity index (χ3v) is 3.34. The van der Waals surface area contributed by atoms with E-state index in [-0.39, 0.29) is 0 Å². The standard InChI is InChI=1S/C14H18ClN/c1-11-8-9-16-14(10-11)7-4-12-2-5-13(15)6-3-12/h2-7,11,14,16H,8-10H2,1H3/b7-4+. The largest absolute Gasteiger partial charge is 0.310 e. The Morgan fingerprint density at radius 2 is 2.06 bits per heavy atom. The second kappa shape index (κ2) is 5.51. The second-order valence-corrected chi connectivity index (χ2v) is 5.04. The molecule has 1 N–H and O–H groups in total. The van der Waals surface area contributed by atoms with Crippen molar-refractivity contribution >= 4 is 17.7 Å². The number of piperidine rings is 1. The van der Waals surface area contributed by atoms with Gasteiger partial charge in [-0.2, -0.15) is 0 Å². The fraction of sp³-hybridized carbons (Fsp3) is 0.429. The molecule has 1 fully saturated rings. The molecule has 0 aliphatic carbocycles. The van der Waals surface area contributed by atoms with Gasteiger partial charge in [-0.25, -0.2) is 0 Å². The summed E-state index contributed by atoms with van der Waals surface area (Å²) in [6, 6.07) is 8.48. The summed E-state index contributed by atoms with van der Waals surface area (Å²) in [5.74, 6) is 0.834. The van der Waals surface area contributed by atoms with Crippen LogP contribution in [0, 0.1) is 5.92 Å². The van der Waals surface area contributed by atoms with Gasteiger partial charge in [-0.3, -0.25) is 0 Å². The average molecular weight is 236 g/mol. The fourth-order valence-corrected chi connectivity index (χ4v) is 2.22. The molecule has 86 valence electrons. The maximum absolute atomic E-state index is 5.84. The highest BCUT2D eigenvalue weighted by Gasteiger charge is 2.15. The summed E-state index contributed by atoms with van der Waals surface area (Å²) < 4.78 is 0. The molecule has 1 heterocycles. The molecule has 0 saturated carbocycles. The highest BCUT2D eigenvalue weighted by atomic mass is 35.5. The normalized spacial score (nSPS) is 26.1. The first-order chi connectivity index (χ1) is 7.74. The van der Waals surface area contributed by atoms with Crippen molar-refractivity contribution in [1.29, 1.82) is 0 Å². The molecule has 16 heavy (non-hydrogen) atoms. The van der Waals surface area contributed by atoms with Crippen molar-refractivity contribution in [3.05, 3.63) is 40.9 Å². The topological polar surface area (TPSA) is 12.0 Å². The summed E-state index contributed by atoms with van der Waals surface area (Å²) >= 11 is 5.84. The first-order valence-electron chi connectivity index (χ1n) is 5.91. The van der Waals surface area contributed by atoms with Crippen LogP contribution in [0.15, 0.2) is 30.3 Å². The van der Waals surface area contributed by atoms with Gasteiger partial charge in [0.25, 0.3) is 0 Å². The zero-order chi connectivity index (χ0) is 11.4. The van der Waals surface area contributed by atoms with Crippen LogP contribution < -0.4 is 5.32 Å². The van der Waals surface area contributed by atoms with Crippen molar-refractivity contribution in [2.45, 2.75) is 25.8 Å². The van der Waals surface area contributed by atoms with Crippen molar-refractivity contribution < 1.29 is 0 Å². The van der Waals surface area contributed by atoms with Crippen molar-refractivity contribution in [3.8, 4) is 0 Å². The summed E-state index contributed by atoms with van der Waals surface area (Å²) in [7, 11) is 0. The SMILES string of the molecule is CC1CCNC(/C=C/c2ccc(Cl)cc2)C1. The van der Waals surface area contributed by atoms with Gasteiger partial charge in [-0.05, 0) is 43.0 Å². The Morgan fingerprint density at radius 1 is 1.31 bits per heavy atom. The third kappa shape index (κ3) is 3.36. The Morgan fingerprint density at radius 3 is 2.75 bits per heavy atom. The van der Waals surface area contributed by atoms with Crippen molar-refractivity contribution in [1.82, 2.24) is 5.32 Å². The van der Waals surface area contributed by atoms with Gasteiger partial charge in [-0.1, -0.05) is 42.8 Å². The molecule has 0 spiro atoms. The number of rotatable bonds is 2. The Labute approximate surface area is 103 Å². The lowest BCUT2D eigenvalue weighted by Crippen LogP contribution is -2.35. The molecule has 1 aliphatic heterocycles. The molecule has 1 aromatic rings. The fourth-order valence-electron chi connectivity index (χ4n) is 2.10. The molecule has 2 atom stereocenters. The lowest BCUT2D eigenvalue weighted by atomic mass is 9.94. The van der Waals surface area contributed by atoms with Crippen LogP contribution >= 0.6 is 11.6 Å². The van der Waals surface area contributed by atoms with E-state index in [2.05, 4.69) is 24.4 Å². The van der Waals surface area contributed by atoms with E-state index in [1.54, 1.807) is 0 Å². The molecule has 2 heteroatoms. The van der Waals surface area contributed by atoms with E-state index in [0.29, 0.717) is 6.04 Å². The second-order valence-electron chi connectivity index (χ2n) is 4.60. The number of hydrogen-bond donors (Lipinski definition) is 1. The third-order valence-electron chi connectivity index (χ3n) is 3.09. The van der Waals surface area contributed by atoms with Crippen molar-refractivity contribution in [2.24, 2.45) is 5.92 Å². The van der Waals surface area contributed by atoms with E-state index in [4.69, 9.17) is 11.6 Å². The first kappa shape index (κ1) is 11.7. The maximum atomic E-state index is 5.84. The van der Waals surface area contributed by atoms with Crippen LogP contribution in [0.25, 0.3) is 6.08 Å². The monoisotopic (exact) mass is 235 g/mol. The van der Waals surface area contributed by atoms with Crippen LogP contribution in [-0.4, -0.2) is 12.6 Å². The van der Waals surface area contributed by atoms with Gasteiger partial charge in [-0.15, -0.1) is 0 Å². The molecular formula is C14H18ClN. The van der Waals surface area contributed by atoms with Crippen LogP contribution in [0.3, 0.4) is 0 Å². The molecule has 0 bridgehead atoms. The van der Waals surface area contributed by atoms with E-state index < -0.39 is 0 Å². The molecule has 1 aromatic carbocycles. The van der Waals surface area contributed by atoms with Crippen LogP contribution in [-0.2, 0) is 0 Å². The van der Waals surface area contributed by atoms with Crippen LogP contribution in [0.5, 0.6) is 0 Å². The first-order valence-corrected chi connectivity index (χ1v) is 6.29. The van der Waals surface area contributed by atoms with Gasteiger partial charge in [0.15, 0.2) is 0 Å². The number of halogens is 1. The molecular weight excluding hydrogens is 218 g/mol. The van der Waals surface area contributed by atoms with Crippen molar-refractivity contribution in [2.75, 3.05) is 6.54 Å². The Hall–Kier alpha value is -0.790. The Balaban J connectivity index is 1.95. The smallest absolute Gasteiger partial charge is 0.0406 e. The molecule has 2 unspecified atom stereocenters. The van der Waals surface area contributed by atoms with E-state index in [1.165, 1.54) is 18.4 Å². The summed E-state index contributed by atoms with van der Waals surface area (Å²) in [5.41, 5.74) is 1.21. The van der Waals surface area contributed by atoms with Gasteiger partial charge >= 0.3 is 0 Å². The summed E-state index contributed by atoms with van der Waals surface area (Å²) in [5, 5.41) is 4.31. The van der Waals surface area contributed by atoms with E-state index in [1.807, 2.05) is 24.3 Å². The van der Waals surface area contributed by atoms with Gasteiger partial charge in [0.1, 0.15) is 0 Å². The molecule has 1 aliphatic rings. The van der Waals surface area contributed by atoms with Gasteiger partial charge < -0.3 is 5.32 Å². The summed E-state index contributed by atoms with van der Waals surface area (Å²) in [6.45, 7) is 3.46. The van der Waals surface area contributed by atoms with Crippen LogP contribution in [0.2, 0.25) is 5.02 Å². The van der Waals surface area contributed by atoms with Crippen molar-refractivity contribution in [3.63, 3.8) is 0 Å². The zero-order valence-corrected chi connectivity index (χ0v) is 10.4. The lowest BCUT2D eigenvalue weighted by Gasteiger charge is -2.25. The molecule has 0 aromatic heterocycles. The predicted molar refractivity (Wildman–Crippen MR) is 70.7 cm³/mol. The van der Waals surface area contributed by atoms with Gasteiger partial charge in [0, 0.05) is 11.1 Å². The Kier molecular flexibility index (Phi) is 4.03. The van der Waals surface area contributed by atoms with E-state index in [9.17, 15) is 0 Å². The number of benzene rings is 1. The summed E-state index contributed by atoms with van der Waals surface area (Å²) in [6.07, 6.45) is 6.97. The average Bonchev–Trinajstić information content (AvgIpc) is 2.28. The minimum atomic E-state index is 0.527. The van der Waals surface area contributed by atoms with Crippen LogP contribution in [0.1, 0.15) is 25.3 Å². The summed E-state index contributed by atoms with van der Waals surface area (Å²) in [4.78, 5) is 0. The zero-order valence-electron chi connectivity index (χ0n) is 9.62. The molecule has 2 rings (SSSR count). The predicted octanol–water partition coefficient (Wildman–Crippen LogP) is 3.74. The molecule has 0 radical (unpaired) electrons. The van der Waals surface area contributed by atoms with Gasteiger partial charge in [0.2, 0.25) is 0 Å². The lowest BCUT2D eigenvalue weighted by molar-refractivity contribution is 0.357. The Bertz CT molecular complexity index is 356. The maximum Gasteiger partial charge on any atom is 0.0406 e. The number of nitrogens with one attached hydrogen (secondary N) is 1. The van der Waals surface area contributed by atoms with Gasteiger partial charge in [0.05, 0.1) is 0 Å². The van der Waals surface area contributed by atoms with Crippen LogP contribution in [0.4, 0.5) is 0 Å².